The minimum Gasteiger partial charge on any atom is -0.475 e. The van der Waals surface area contributed by atoms with Crippen molar-refractivity contribution in [1.82, 2.24) is 9.88 Å². The summed E-state index contributed by atoms with van der Waals surface area (Å²) in [6.45, 7) is 1.61. The second-order valence-electron chi connectivity index (χ2n) is 6.96. The van der Waals surface area contributed by atoms with Crippen molar-refractivity contribution in [2.24, 2.45) is 0 Å². The Kier molecular flexibility index (Phi) is 7.29. The molecule has 1 amide bonds. The highest BCUT2D eigenvalue weighted by molar-refractivity contribution is 5.94. The van der Waals surface area contributed by atoms with Crippen molar-refractivity contribution >= 4 is 11.9 Å². The highest BCUT2D eigenvalue weighted by atomic mass is 19.4. The van der Waals surface area contributed by atoms with E-state index in [1.807, 2.05) is 23.1 Å². The lowest BCUT2D eigenvalue weighted by Crippen LogP contribution is -2.53. The van der Waals surface area contributed by atoms with Crippen LogP contribution in [0.1, 0.15) is 28.9 Å². The van der Waals surface area contributed by atoms with Crippen LogP contribution in [0.3, 0.4) is 0 Å². The third kappa shape index (κ3) is 5.82. The summed E-state index contributed by atoms with van der Waals surface area (Å²) in [5, 5.41) is 7.12. The number of aromatic nitrogens is 1. The lowest BCUT2D eigenvalue weighted by Gasteiger charge is -2.38. The Hall–Kier alpha value is -2.92. The molecule has 0 bridgehead atoms. The van der Waals surface area contributed by atoms with Crippen molar-refractivity contribution in [1.29, 1.82) is 0 Å². The Labute approximate surface area is 175 Å². The zero-order valence-electron chi connectivity index (χ0n) is 16.3. The highest BCUT2D eigenvalue weighted by Gasteiger charge is 2.45. The molecule has 168 valence electrons. The van der Waals surface area contributed by atoms with E-state index in [9.17, 15) is 18.0 Å². The maximum absolute atomic E-state index is 12.6. The standard InChI is InChI=1S/C18H20N2O4.C2HF3O2/c21-18(13-6-9-22-11-13)20-8-10-23-17-15(20)4-5-16(17)24-12-14-3-1-2-7-19-14;3-2(4,5)1(6)7/h1-3,6-7,9,11,15-17H,4-5,8,10,12H2;(H,6,7)/t15-,16+,17+;/m0./s1. The number of fused-ring (bicyclic) bond motifs is 1. The number of nitrogens with zero attached hydrogens (tertiary/aromatic N) is 2. The van der Waals surface area contributed by atoms with Gasteiger partial charge in [-0.2, -0.15) is 13.2 Å². The van der Waals surface area contributed by atoms with Crippen LogP contribution in [0.2, 0.25) is 0 Å². The molecule has 8 nitrogen and oxygen atoms in total. The van der Waals surface area contributed by atoms with Gasteiger partial charge in [0.25, 0.3) is 5.91 Å². The van der Waals surface area contributed by atoms with Crippen LogP contribution in [0.25, 0.3) is 0 Å². The fraction of sp³-hybridized carbons (Fsp3) is 0.450. The van der Waals surface area contributed by atoms with E-state index in [0.29, 0.717) is 25.3 Å². The van der Waals surface area contributed by atoms with Crippen LogP contribution in [0.4, 0.5) is 13.2 Å². The molecule has 3 heterocycles. The number of pyridine rings is 1. The minimum atomic E-state index is -5.08. The summed E-state index contributed by atoms with van der Waals surface area (Å²) < 4.78 is 48.7. The molecule has 3 atom stereocenters. The first-order valence-electron chi connectivity index (χ1n) is 9.53. The Morgan fingerprint density at radius 3 is 2.65 bits per heavy atom. The summed E-state index contributed by atoms with van der Waals surface area (Å²) in [4.78, 5) is 27.7. The molecule has 1 saturated heterocycles. The predicted molar refractivity (Wildman–Crippen MR) is 99.0 cm³/mol. The van der Waals surface area contributed by atoms with Gasteiger partial charge in [-0.15, -0.1) is 0 Å². The van der Waals surface area contributed by atoms with Crippen molar-refractivity contribution in [3.8, 4) is 0 Å². The van der Waals surface area contributed by atoms with Crippen LogP contribution < -0.4 is 0 Å². The summed E-state index contributed by atoms with van der Waals surface area (Å²) in [5.41, 5.74) is 1.50. The molecule has 0 spiro atoms. The van der Waals surface area contributed by atoms with Gasteiger partial charge in [0, 0.05) is 12.7 Å². The number of carboxylic acids is 1. The number of carbonyl (C=O) groups is 2. The number of hydrogen-bond acceptors (Lipinski definition) is 6. The van der Waals surface area contributed by atoms with Gasteiger partial charge in [-0.1, -0.05) is 6.07 Å². The van der Waals surface area contributed by atoms with E-state index in [1.165, 1.54) is 12.5 Å². The quantitative estimate of drug-likeness (QED) is 0.777. The van der Waals surface area contributed by atoms with E-state index in [2.05, 4.69) is 4.98 Å². The molecule has 4 rings (SSSR count). The average molecular weight is 442 g/mol. The predicted octanol–water partition coefficient (Wildman–Crippen LogP) is 2.90. The van der Waals surface area contributed by atoms with Crippen molar-refractivity contribution in [2.75, 3.05) is 13.2 Å². The zero-order chi connectivity index (χ0) is 22.4. The third-order valence-corrected chi connectivity index (χ3v) is 4.98. The normalized spacial score (nSPS) is 22.9. The molecular weight excluding hydrogens is 421 g/mol. The Morgan fingerprint density at radius 1 is 1.26 bits per heavy atom. The van der Waals surface area contributed by atoms with Crippen LogP contribution in [-0.4, -0.2) is 64.4 Å². The van der Waals surface area contributed by atoms with E-state index in [4.69, 9.17) is 23.8 Å². The number of morpholine rings is 1. The van der Waals surface area contributed by atoms with Crippen molar-refractivity contribution < 1.29 is 41.8 Å². The van der Waals surface area contributed by atoms with Crippen LogP contribution in [0, 0.1) is 0 Å². The number of alkyl halides is 3. The second-order valence-corrected chi connectivity index (χ2v) is 6.96. The fourth-order valence-corrected chi connectivity index (χ4v) is 3.57. The molecule has 0 unspecified atom stereocenters. The van der Waals surface area contributed by atoms with Gasteiger partial charge >= 0.3 is 12.1 Å². The Bertz CT molecular complexity index is 860. The summed E-state index contributed by atoms with van der Waals surface area (Å²) in [7, 11) is 0. The first kappa shape index (κ1) is 22.8. The van der Waals surface area contributed by atoms with Gasteiger partial charge in [0.1, 0.15) is 12.4 Å². The van der Waals surface area contributed by atoms with Crippen molar-refractivity contribution in [2.45, 2.75) is 43.9 Å². The molecular formula is C20H21F3N2O6. The summed E-state index contributed by atoms with van der Waals surface area (Å²) in [6, 6.07) is 7.55. The molecule has 31 heavy (non-hydrogen) atoms. The van der Waals surface area contributed by atoms with Gasteiger partial charge in [0.05, 0.1) is 42.9 Å². The number of ether oxygens (including phenoxy) is 2. The van der Waals surface area contributed by atoms with Gasteiger partial charge in [0.15, 0.2) is 0 Å². The number of carboxylic acid groups (broad SMARTS) is 1. The van der Waals surface area contributed by atoms with E-state index >= 15 is 0 Å². The molecule has 0 radical (unpaired) electrons. The first-order valence-corrected chi connectivity index (χ1v) is 9.53. The van der Waals surface area contributed by atoms with Gasteiger partial charge in [-0.05, 0) is 31.0 Å². The Morgan fingerprint density at radius 2 is 2.03 bits per heavy atom. The molecule has 11 heteroatoms. The number of halogens is 3. The lowest BCUT2D eigenvalue weighted by molar-refractivity contribution is -0.192. The van der Waals surface area contributed by atoms with Crippen molar-refractivity contribution in [3.63, 3.8) is 0 Å². The van der Waals surface area contributed by atoms with Gasteiger partial charge in [0.2, 0.25) is 0 Å². The fourth-order valence-electron chi connectivity index (χ4n) is 3.57. The van der Waals surface area contributed by atoms with Gasteiger partial charge in [-0.3, -0.25) is 9.78 Å². The van der Waals surface area contributed by atoms with Crippen LogP contribution in [0.5, 0.6) is 0 Å². The average Bonchev–Trinajstić information content (AvgIpc) is 3.42. The Balaban J connectivity index is 0.000000339. The lowest BCUT2D eigenvalue weighted by atomic mass is 10.1. The SMILES string of the molecule is O=C(O)C(F)(F)F.O=C(c1ccoc1)N1CCO[C@H]2[C@H](OCc3ccccn3)CC[C@@H]21. The minimum absolute atomic E-state index is 0.00282. The van der Waals surface area contributed by atoms with Gasteiger partial charge in [-0.25, -0.2) is 4.79 Å². The smallest absolute Gasteiger partial charge is 0.475 e. The van der Waals surface area contributed by atoms with Crippen LogP contribution in [0.15, 0.2) is 47.4 Å². The molecule has 2 aromatic heterocycles. The van der Waals surface area contributed by atoms with Crippen LogP contribution in [-0.2, 0) is 20.9 Å². The summed E-state index contributed by atoms with van der Waals surface area (Å²) in [6.07, 6.45) is 1.40. The molecule has 2 aromatic rings. The molecule has 1 aliphatic carbocycles. The first-order chi connectivity index (χ1) is 14.8. The maximum Gasteiger partial charge on any atom is 0.490 e. The van der Waals surface area contributed by atoms with Crippen LogP contribution >= 0.6 is 0 Å². The largest absolute Gasteiger partial charge is 0.490 e. The molecule has 1 N–H and O–H groups in total. The number of furan rings is 1. The van der Waals surface area contributed by atoms with E-state index in [1.54, 1.807) is 12.3 Å². The topological polar surface area (TPSA) is 102 Å². The number of hydrogen-bond donors (Lipinski definition) is 1. The second kappa shape index (κ2) is 9.92. The van der Waals surface area contributed by atoms with E-state index in [0.717, 1.165) is 18.5 Å². The molecule has 2 fully saturated rings. The molecule has 2 aliphatic rings. The highest BCUT2D eigenvalue weighted by Crippen LogP contribution is 2.33. The van der Waals surface area contributed by atoms with E-state index < -0.39 is 12.1 Å². The number of aliphatic carboxylic acids is 1. The molecule has 1 aliphatic heterocycles. The van der Waals surface area contributed by atoms with Crippen molar-refractivity contribution in [3.05, 3.63) is 54.2 Å². The van der Waals surface area contributed by atoms with E-state index in [-0.39, 0.29) is 24.2 Å². The number of carbonyl (C=O) groups excluding carboxylic acids is 1. The molecule has 0 aromatic carbocycles. The number of rotatable bonds is 4. The summed E-state index contributed by atoms with van der Waals surface area (Å²) in [5.74, 6) is -2.75. The maximum atomic E-state index is 12.6. The monoisotopic (exact) mass is 442 g/mol. The number of amides is 1. The molecule has 1 saturated carbocycles. The third-order valence-electron chi connectivity index (χ3n) is 4.98. The summed E-state index contributed by atoms with van der Waals surface area (Å²) >= 11 is 0. The van der Waals surface area contributed by atoms with Gasteiger partial charge < -0.3 is 23.9 Å². The zero-order valence-corrected chi connectivity index (χ0v) is 16.3.